The molecule has 2 aliphatic rings. The van der Waals surface area contributed by atoms with Crippen molar-refractivity contribution in [1.29, 1.82) is 0 Å². The number of nitrogens with zero attached hydrogens (tertiary/aromatic N) is 3. The Kier molecular flexibility index (Phi) is 9.60. The third-order valence-corrected chi connectivity index (χ3v) is 9.83. The monoisotopic (exact) mass is 508 g/mol. The Labute approximate surface area is 212 Å². The van der Waals surface area contributed by atoms with Crippen LogP contribution in [0.4, 0.5) is 0 Å². The number of likely N-dealkylation sites (tertiary alicyclic amines) is 1. The van der Waals surface area contributed by atoms with Gasteiger partial charge in [-0.15, -0.1) is 0 Å². The first kappa shape index (κ1) is 27.9. The Bertz CT molecular complexity index is 959. The molecule has 1 saturated carbocycles. The van der Waals surface area contributed by atoms with Crippen molar-refractivity contribution in [2.45, 2.75) is 56.9 Å². The summed E-state index contributed by atoms with van der Waals surface area (Å²) in [5, 5.41) is 3.19. The minimum atomic E-state index is -3.70. The predicted molar refractivity (Wildman–Crippen MR) is 139 cm³/mol. The van der Waals surface area contributed by atoms with Crippen LogP contribution in [0.15, 0.2) is 17.0 Å². The third-order valence-electron chi connectivity index (χ3n) is 7.67. The van der Waals surface area contributed by atoms with E-state index in [2.05, 4.69) is 29.2 Å². The highest BCUT2D eigenvalue weighted by Crippen LogP contribution is 2.36. The number of methoxy groups -OCH3 is 1. The van der Waals surface area contributed by atoms with E-state index in [1.54, 1.807) is 40.1 Å². The Hall–Kier alpha value is -1.68. The van der Waals surface area contributed by atoms with E-state index < -0.39 is 10.0 Å². The van der Waals surface area contributed by atoms with Gasteiger partial charge in [0.2, 0.25) is 15.9 Å². The van der Waals surface area contributed by atoms with Crippen molar-refractivity contribution in [1.82, 2.24) is 19.4 Å². The minimum Gasteiger partial charge on any atom is -0.497 e. The molecule has 0 aromatic heterocycles. The molecule has 198 valence electrons. The number of benzene rings is 1. The smallest absolute Gasteiger partial charge is 0.243 e. The maximum atomic E-state index is 13.2. The first-order valence-corrected chi connectivity index (χ1v) is 14.2. The van der Waals surface area contributed by atoms with E-state index >= 15 is 0 Å². The Morgan fingerprint density at radius 3 is 2.40 bits per heavy atom. The second kappa shape index (κ2) is 12.0. The topological polar surface area (TPSA) is 82.2 Å². The van der Waals surface area contributed by atoms with Gasteiger partial charge in [-0.05, 0) is 95.3 Å². The zero-order chi connectivity index (χ0) is 25.8. The molecule has 35 heavy (non-hydrogen) atoms. The van der Waals surface area contributed by atoms with Crippen molar-refractivity contribution in [3.05, 3.63) is 23.3 Å². The van der Waals surface area contributed by atoms with Crippen molar-refractivity contribution in [3.63, 3.8) is 0 Å². The summed E-state index contributed by atoms with van der Waals surface area (Å²) in [4.78, 5) is 17.8. The van der Waals surface area contributed by atoms with E-state index in [9.17, 15) is 13.2 Å². The number of aryl methyl sites for hydroxylation is 2. The minimum absolute atomic E-state index is 0.0675. The number of sulfonamides is 1. The normalized spacial score (nSPS) is 23.4. The van der Waals surface area contributed by atoms with Crippen LogP contribution in [0, 0.1) is 25.7 Å². The molecule has 1 heterocycles. The average molecular weight is 509 g/mol. The van der Waals surface area contributed by atoms with Crippen LogP contribution in [0.3, 0.4) is 0 Å². The molecule has 3 rings (SSSR count). The largest absolute Gasteiger partial charge is 0.497 e. The lowest BCUT2D eigenvalue weighted by molar-refractivity contribution is -0.122. The van der Waals surface area contributed by atoms with Crippen molar-refractivity contribution in [3.8, 4) is 5.75 Å². The van der Waals surface area contributed by atoms with E-state index in [1.807, 2.05) is 0 Å². The number of carbonyl (C=O) groups is 1. The molecular formula is C26H44N4O4S. The van der Waals surface area contributed by atoms with Crippen molar-refractivity contribution in [2.24, 2.45) is 11.8 Å². The fourth-order valence-corrected chi connectivity index (χ4v) is 7.21. The Morgan fingerprint density at radius 1 is 1.09 bits per heavy atom. The van der Waals surface area contributed by atoms with Gasteiger partial charge in [-0.1, -0.05) is 0 Å². The number of piperidine rings is 1. The SMILES string of the molecule is COc1cc(C)c(S(=O)(=O)N(C)CCC(=O)NC2CCC3CN(CCN(C)C)CCC3C2)c(C)c1. The summed E-state index contributed by atoms with van der Waals surface area (Å²) < 4.78 is 32.9. The molecule has 8 nitrogen and oxygen atoms in total. The van der Waals surface area contributed by atoms with E-state index in [0.717, 1.165) is 44.8 Å². The van der Waals surface area contributed by atoms with Crippen LogP contribution in [0.5, 0.6) is 5.75 Å². The lowest BCUT2D eigenvalue weighted by Crippen LogP contribution is -2.48. The molecule has 1 aliphatic carbocycles. The number of hydrogen-bond donors (Lipinski definition) is 1. The molecule has 0 radical (unpaired) electrons. The highest BCUT2D eigenvalue weighted by molar-refractivity contribution is 7.89. The number of carbonyl (C=O) groups excluding carboxylic acids is 1. The summed E-state index contributed by atoms with van der Waals surface area (Å²) in [6, 6.07) is 3.65. The third kappa shape index (κ3) is 7.18. The number of nitrogens with one attached hydrogen (secondary N) is 1. The molecule has 3 atom stereocenters. The average Bonchev–Trinajstić information content (AvgIpc) is 2.80. The maximum Gasteiger partial charge on any atom is 0.243 e. The number of fused-ring (bicyclic) bond motifs is 1. The molecule has 1 amide bonds. The molecule has 1 aliphatic heterocycles. The fourth-order valence-electron chi connectivity index (χ4n) is 5.64. The summed E-state index contributed by atoms with van der Waals surface area (Å²) in [6.07, 6.45) is 4.56. The fraction of sp³-hybridized carbons (Fsp3) is 0.731. The zero-order valence-corrected chi connectivity index (χ0v) is 23.2. The summed E-state index contributed by atoms with van der Waals surface area (Å²) >= 11 is 0. The second-order valence-electron chi connectivity index (χ2n) is 10.7. The first-order valence-electron chi connectivity index (χ1n) is 12.8. The van der Waals surface area contributed by atoms with Gasteiger partial charge in [0.25, 0.3) is 0 Å². The number of rotatable bonds is 10. The van der Waals surface area contributed by atoms with E-state index in [-0.39, 0.29) is 29.8 Å². The van der Waals surface area contributed by atoms with Gasteiger partial charge in [-0.3, -0.25) is 4.79 Å². The van der Waals surface area contributed by atoms with Gasteiger partial charge in [-0.25, -0.2) is 12.7 Å². The van der Waals surface area contributed by atoms with Crippen LogP contribution >= 0.6 is 0 Å². The van der Waals surface area contributed by atoms with Crippen LogP contribution in [-0.4, -0.2) is 95.4 Å². The Morgan fingerprint density at radius 2 is 1.77 bits per heavy atom. The lowest BCUT2D eigenvalue weighted by atomic mass is 9.73. The first-order chi connectivity index (χ1) is 16.5. The maximum absolute atomic E-state index is 13.2. The molecule has 1 N–H and O–H groups in total. The molecule has 1 aromatic rings. The van der Waals surface area contributed by atoms with Gasteiger partial charge in [0.05, 0.1) is 12.0 Å². The highest BCUT2D eigenvalue weighted by Gasteiger charge is 2.35. The molecule has 0 bridgehead atoms. The van der Waals surface area contributed by atoms with Crippen LogP contribution < -0.4 is 10.1 Å². The molecule has 1 saturated heterocycles. The molecular weight excluding hydrogens is 464 g/mol. The number of ether oxygens (including phenoxy) is 1. The van der Waals surface area contributed by atoms with Gasteiger partial charge < -0.3 is 19.9 Å². The standard InChI is InChI=1S/C26H44N4O4S/c1-19-15-24(34-6)16-20(2)26(19)35(32,33)29(5)11-10-25(31)27-23-8-7-22-18-30(14-13-28(3)4)12-9-21(22)17-23/h15-16,21-23H,7-14,17-18H2,1-6H3,(H,27,31). The van der Waals surface area contributed by atoms with Gasteiger partial charge in [0.15, 0.2) is 0 Å². The van der Waals surface area contributed by atoms with Crippen molar-refractivity contribution < 1.29 is 17.9 Å². The van der Waals surface area contributed by atoms with Crippen LogP contribution in [0.1, 0.15) is 43.2 Å². The summed E-state index contributed by atoms with van der Waals surface area (Å²) in [7, 11) is 3.65. The summed E-state index contributed by atoms with van der Waals surface area (Å²) in [6.45, 7) is 8.23. The molecule has 3 unspecified atom stereocenters. The lowest BCUT2D eigenvalue weighted by Gasteiger charge is -2.44. The summed E-state index contributed by atoms with van der Waals surface area (Å²) in [5.41, 5.74) is 1.28. The number of amides is 1. The number of likely N-dealkylation sites (N-methyl/N-ethyl adjacent to an activating group) is 1. The molecule has 9 heteroatoms. The van der Waals surface area contributed by atoms with E-state index in [1.165, 1.54) is 17.3 Å². The van der Waals surface area contributed by atoms with Gasteiger partial charge >= 0.3 is 0 Å². The van der Waals surface area contributed by atoms with Crippen molar-refractivity contribution >= 4 is 15.9 Å². The van der Waals surface area contributed by atoms with E-state index in [0.29, 0.717) is 22.8 Å². The number of hydrogen-bond acceptors (Lipinski definition) is 6. The quantitative estimate of drug-likeness (QED) is 0.523. The van der Waals surface area contributed by atoms with Gasteiger partial charge in [-0.2, -0.15) is 0 Å². The molecule has 2 fully saturated rings. The molecule has 0 spiro atoms. The van der Waals surface area contributed by atoms with Crippen LogP contribution in [-0.2, 0) is 14.8 Å². The van der Waals surface area contributed by atoms with Gasteiger partial charge in [0.1, 0.15) is 5.75 Å². The summed E-state index contributed by atoms with van der Waals surface area (Å²) in [5.74, 6) is 1.97. The van der Waals surface area contributed by atoms with E-state index in [4.69, 9.17) is 4.74 Å². The predicted octanol–water partition coefficient (Wildman–Crippen LogP) is 2.49. The van der Waals surface area contributed by atoms with Crippen LogP contribution in [0.2, 0.25) is 0 Å². The van der Waals surface area contributed by atoms with Crippen molar-refractivity contribution in [2.75, 3.05) is 61.0 Å². The van der Waals surface area contributed by atoms with Crippen LogP contribution in [0.25, 0.3) is 0 Å². The van der Waals surface area contributed by atoms with Gasteiger partial charge in [0, 0.05) is 45.7 Å². The Balaban J connectivity index is 1.48. The second-order valence-corrected chi connectivity index (χ2v) is 12.6. The highest BCUT2D eigenvalue weighted by atomic mass is 32.2. The zero-order valence-electron chi connectivity index (χ0n) is 22.3. The molecule has 1 aromatic carbocycles.